The van der Waals surface area contributed by atoms with E-state index in [1.54, 1.807) is 24.3 Å². The Labute approximate surface area is 142 Å². The molecule has 0 saturated carbocycles. The molecule has 0 radical (unpaired) electrons. The summed E-state index contributed by atoms with van der Waals surface area (Å²) in [7, 11) is -1.99. The molecule has 0 aliphatic carbocycles. The van der Waals surface area contributed by atoms with Crippen molar-refractivity contribution in [3.63, 3.8) is 0 Å². The summed E-state index contributed by atoms with van der Waals surface area (Å²) in [5, 5.41) is 4.50. The lowest BCUT2D eigenvalue weighted by atomic mass is 10.2. The third-order valence-electron chi connectivity index (χ3n) is 4.14. The van der Waals surface area contributed by atoms with Crippen LogP contribution in [0.15, 0.2) is 28.8 Å². The molecule has 23 heavy (non-hydrogen) atoms. The minimum Gasteiger partial charge on any atom is -0.409 e. The van der Waals surface area contributed by atoms with Crippen LogP contribution in [0.25, 0.3) is 11.4 Å². The summed E-state index contributed by atoms with van der Waals surface area (Å²) >= 11 is 5.84. The van der Waals surface area contributed by atoms with Gasteiger partial charge in [0.05, 0.1) is 0 Å². The van der Waals surface area contributed by atoms with E-state index in [9.17, 15) is 4.79 Å². The molecule has 0 atom stereocenters. The zero-order valence-corrected chi connectivity index (χ0v) is 15.8. The van der Waals surface area contributed by atoms with Crippen LogP contribution in [-0.2, 0) is 4.43 Å². The second kappa shape index (κ2) is 6.55. The van der Waals surface area contributed by atoms with Gasteiger partial charge in [-0.05, 0) is 42.4 Å². The third kappa shape index (κ3) is 4.28. The van der Waals surface area contributed by atoms with E-state index in [2.05, 4.69) is 44.0 Å². The average molecular weight is 353 g/mol. The highest BCUT2D eigenvalue weighted by Gasteiger charge is 2.38. The molecule has 0 amide bonds. The van der Waals surface area contributed by atoms with Crippen LogP contribution in [0.3, 0.4) is 0 Å². The third-order valence-corrected chi connectivity index (χ3v) is 8.87. The largest absolute Gasteiger partial charge is 0.409 e. The van der Waals surface area contributed by atoms with Gasteiger partial charge in [0, 0.05) is 10.6 Å². The Hall–Kier alpha value is -1.50. The summed E-state index contributed by atoms with van der Waals surface area (Å²) < 4.78 is 10.9. The monoisotopic (exact) mass is 352 g/mol. The maximum atomic E-state index is 12.2. The first kappa shape index (κ1) is 17.8. The summed E-state index contributed by atoms with van der Waals surface area (Å²) in [6.07, 6.45) is 0. The Kier molecular flexibility index (Phi) is 5.08. The molecule has 0 aliphatic rings. The first-order valence-electron chi connectivity index (χ1n) is 7.37. The molecule has 0 bridgehead atoms. The Morgan fingerprint density at radius 1 is 1.26 bits per heavy atom. The summed E-state index contributed by atoms with van der Waals surface area (Å²) in [6.45, 7) is 10.5. The molecule has 2 rings (SSSR count). The zero-order chi connectivity index (χ0) is 17.3. The van der Waals surface area contributed by atoms with Crippen molar-refractivity contribution in [1.82, 2.24) is 10.1 Å². The number of rotatable bonds is 5. The van der Waals surface area contributed by atoms with Crippen molar-refractivity contribution >= 4 is 25.7 Å². The van der Waals surface area contributed by atoms with Gasteiger partial charge in [-0.1, -0.05) is 37.5 Å². The highest BCUT2D eigenvalue weighted by Crippen LogP contribution is 2.36. The van der Waals surface area contributed by atoms with Crippen LogP contribution in [0.4, 0.5) is 0 Å². The van der Waals surface area contributed by atoms with Crippen LogP contribution in [0.5, 0.6) is 0 Å². The smallest absolute Gasteiger partial charge is 0.296 e. The number of aromatic nitrogens is 2. The highest BCUT2D eigenvalue weighted by atomic mass is 35.5. The molecule has 0 saturated heterocycles. The van der Waals surface area contributed by atoms with Crippen LogP contribution in [0.1, 0.15) is 31.5 Å². The van der Waals surface area contributed by atoms with Crippen LogP contribution in [0.2, 0.25) is 23.2 Å². The topological polar surface area (TPSA) is 65.2 Å². The molecule has 1 aromatic carbocycles. The molecule has 124 valence electrons. The normalized spacial score (nSPS) is 12.4. The van der Waals surface area contributed by atoms with Crippen molar-refractivity contribution < 1.29 is 13.7 Å². The molecule has 0 spiro atoms. The van der Waals surface area contributed by atoms with E-state index in [0.29, 0.717) is 10.8 Å². The van der Waals surface area contributed by atoms with Crippen molar-refractivity contribution in [3.05, 3.63) is 35.2 Å². The molecule has 2 aromatic rings. The molecule has 7 heteroatoms. The first-order chi connectivity index (χ1) is 10.6. The SMILES string of the molecule is CC(C)(C)[Si](C)(C)OCC(=O)c1nc(-c2ccc(Cl)cc2)no1. The molecule has 5 nitrogen and oxygen atoms in total. The number of benzene rings is 1. The highest BCUT2D eigenvalue weighted by molar-refractivity contribution is 6.74. The molecule has 0 N–H and O–H groups in total. The van der Waals surface area contributed by atoms with E-state index < -0.39 is 8.32 Å². The second-order valence-corrected chi connectivity index (χ2v) is 12.1. The maximum Gasteiger partial charge on any atom is 0.296 e. The fraction of sp³-hybridized carbons (Fsp3) is 0.438. The number of nitrogens with zero attached hydrogens (tertiary/aromatic N) is 2. The van der Waals surface area contributed by atoms with Crippen molar-refractivity contribution in [2.24, 2.45) is 0 Å². The summed E-state index contributed by atoms with van der Waals surface area (Å²) in [5.74, 6) is 0.0218. The van der Waals surface area contributed by atoms with E-state index in [4.69, 9.17) is 20.6 Å². The van der Waals surface area contributed by atoms with Gasteiger partial charge in [-0.3, -0.25) is 4.79 Å². The van der Waals surface area contributed by atoms with Gasteiger partial charge in [0.1, 0.15) is 6.61 Å². The summed E-state index contributed by atoms with van der Waals surface area (Å²) in [6, 6.07) is 7.01. The van der Waals surface area contributed by atoms with Crippen molar-refractivity contribution in [3.8, 4) is 11.4 Å². The number of ketones is 1. The molecule has 0 aliphatic heterocycles. The molecule has 1 aromatic heterocycles. The number of carbonyl (C=O) groups excluding carboxylic acids is 1. The van der Waals surface area contributed by atoms with Crippen LogP contribution in [0, 0.1) is 0 Å². The van der Waals surface area contributed by atoms with Gasteiger partial charge in [0.15, 0.2) is 8.32 Å². The number of carbonyl (C=O) groups is 1. The molecule has 1 heterocycles. The summed E-state index contributed by atoms with van der Waals surface area (Å²) in [4.78, 5) is 16.3. The Balaban J connectivity index is 2.06. The quantitative estimate of drug-likeness (QED) is 0.581. The molecular weight excluding hydrogens is 332 g/mol. The predicted octanol–water partition coefficient (Wildman–Crippen LogP) is 4.59. The zero-order valence-electron chi connectivity index (χ0n) is 14.0. The minimum absolute atomic E-state index is 0.0336. The van der Waals surface area contributed by atoms with Crippen LogP contribution >= 0.6 is 11.6 Å². The summed E-state index contributed by atoms with van der Waals surface area (Å²) in [5.41, 5.74) is 0.738. The van der Waals surface area contributed by atoms with Gasteiger partial charge in [0.25, 0.3) is 5.89 Å². The lowest BCUT2D eigenvalue weighted by molar-refractivity contribution is 0.0867. The maximum absolute atomic E-state index is 12.2. The number of hydrogen-bond acceptors (Lipinski definition) is 5. The second-order valence-electron chi connectivity index (χ2n) is 6.90. The van der Waals surface area contributed by atoms with Gasteiger partial charge >= 0.3 is 0 Å². The Morgan fingerprint density at radius 3 is 2.43 bits per heavy atom. The fourth-order valence-corrected chi connectivity index (χ4v) is 2.63. The molecular formula is C16H21ClN2O3Si. The van der Waals surface area contributed by atoms with Gasteiger partial charge in [-0.15, -0.1) is 0 Å². The van der Waals surface area contributed by atoms with E-state index in [1.165, 1.54) is 0 Å². The Bertz CT molecular complexity index is 690. The van der Waals surface area contributed by atoms with Crippen LogP contribution < -0.4 is 0 Å². The number of hydrogen-bond donors (Lipinski definition) is 0. The predicted molar refractivity (Wildman–Crippen MR) is 92.2 cm³/mol. The molecule has 0 fully saturated rings. The number of halogens is 1. The van der Waals surface area contributed by atoms with Crippen LogP contribution in [-0.4, -0.2) is 30.8 Å². The first-order valence-corrected chi connectivity index (χ1v) is 10.7. The van der Waals surface area contributed by atoms with Gasteiger partial charge in [-0.2, -0.15) is 4.98 Å². The van der Waals surface area contributed by atoms with Crippen molar-refractivity contribution in [1.29, 1.82) is 0 Å². The molecule has 0 unspecified atom stereocenters. The van der Waals surface area contributed by atoms with Crippen molar-refractivity contribution in [2.45, 2.75) is 38.9 Å². The minimum atomic E-state index is -1.99. The van der Waals surface area contributed by atoms with Crippen molar-refractivity contribution in [2.75, 3.05) is 6.61 Å². The standard InChI is InChI=1S/C16H21ClN2O3Si/c1-16(2,3)23(4,5)21-10-13(20)15-18-14(19-22-15)11-6-8-12(17)9-7-11/h6-9H,10H2,1-5H3. The van der Waals surface area contributed by atoms with E-state index >= 15 is 0 Å². The number of Topliss-reactive ketones (excluding diaryl/α,β-unsaturated/α-hetero) is 1. The average Bonchev–Trinajstić information content (AvgIpc) is 2.94. The van der Waals surface area contributed by atoms with Gasteiger partial charge in [0.2, 0.25) is 11.6 Å². The lowest BCUT2D eigenvalue weighted by Crippen LogP contribution is -2.42. The fourth-order valence-electron chi connectivity index (χ4n) is 1.58. The lowest BCUT2D eigenvalue weighted by Gasteiger charge is -2.35. The van der Waals surface area contributed by atoms with E-state index in [1.807, 2.05) is 0 Å². The Morgan fingerprint density at radius 2 is 1.87 bits per heavy atom. The van der Waals surface area contributed by atoms with Gasteiger partial charge in [-0.25, -0.2) is 0 Å². The van der Waals surface area contributed by atoms with E-state index in [0.717, 1.165) is 5.56 Å². The van der Waals surface area contributed by atoms with E-state index in [-0.39, 0.29) is 23.3 Å². The van der Waals surface area contributed by atoms with Gasteiger partial charge < -0.3 is 8.95 Å².